The molecule has 6 aromatic rings. The molecule has 3 aliphatic rings. The van der Waals surface area contributed by atoms with Crippen molar-refractivity contribution in [3.8, 4) is 11.1 Å². The summed E-state index contributed by atoms with van der Waals surface area (Å²) in [5.74, 6) is 0. The summed E-state index contributed by atoms with van der Waals surface area (Å²) in [5.41, 5.74) is 12.4. The van der Waals surface area contributed by atoms with Gasteiger partial charge < -0.3 is 9.80 Å². The highest BCUT2D eigenvalue weighted by atomic mass is 32.1. The molecule has 1 aromatic heterocycles. The standard InChI is InChI=1S/C55H60BF3N2S/c1-50(2,3)34-19-23-38(24-20-34)60-42-26-22-36(52(7,8)9)30-40(42)56-46-43(60)31-37(55(57,58)59)32-44(46)61(47-45-48(62-49(47)56)54(12,13)28-27-53(45,10)11)41-25-21-35(51(4,5)6)29-39(41)33-17-15-14-16-18-33/h14-26,29-32H,27-28H2,1-13H3. The van der Waals surface area contributed by atoms with Gasteiger partial charge in [0.2, 0.25) is 0 Å². The molecule has 3 heterocycles. The Morgan fingerprint density at radius 1 is 0.548 bits per heavy atom. The van der Waals surface area contributed by atoms with Crippen LogP contribution < -0.4 is 25.5 Å². The summed E-state index contributed by atoms with van der Waals surface area (Å²) in [6.45, 7) is 29.1. The van der Waals surface area contributed by atoms with E-state index in [2.05, 4.69) is 185 Å². The average Bonchev–Trinajstić information content (AvgIpc) is 3.61. The monoisotopic (exact) mass is 848 g/mol. The fourth-order valence-electron chi connectivity index (χ4n) is 10.1. The van der Waals surface area contributed by atoms with Crippen molar-refractivity contribution >= 4 is 67.9 Å². The number of rotatable bonds is 3. The number of alkyl halides is 3. The van der Waals surface area contributed by atoms with E-state index in [1.165, 1.54) is 44.0 Å². The van der Waals surface area contributed by atoms with Crippen LogP contribution in [0.3, 0.4) is 0 Å². The molecular formula is C55H60BF3N2S. The van der Waals surface area contributed by atoms with Crippen molar-refractivity contribution in [2.75, 3.05) is 9.80 Å². The lowest BCUT2D eigenvalue weighted by molar-refractivity contribution is -0.137. The first-order valence-electron chi connectivity index (χ1n) is 22.3. The van der Waals surface area contributed by atoms with Crippen LogP contribution in [0.2, 0.25) is 0 Å². The van der Waals surface area contributed by atoms with E-state index in [1.54, 1.807) is 0 Å². The van der Waals surface area contributed by atoms with Crippen LogP contribution in [0.1, 0.15) is 136 Å². The summed E-state index contributed by atoms with van der Waals surface area (Å²) in [7, 11) is 0. The molecule has 320 valence electrons. The van der Waals surface area contributed by atoms with Gasteiger partial charge in [-0.25, -0.2) is 0 Å². The van der Waals surface area contributed by atoms with Gasteiger partial charge in [-0.3, -0.25) is 0 Å². The largest absolute Gasteiger partial charge is 0.416 e. The Balaban J connectivity index is 1.47. The summed E-state index contributed by atoms with van der Waals surface area (Å²) >= 11 is 1.90. The van der Waals surface area contributed by atoms with Gasteiger partial charge in [0.1, 0.15) is 0 Å². The van der Waals surface area contributed by atoms with Crippen molar-refractivity contribution in [1.29, 1.82) is 0 Å². The predicted molar refractivity (Wildman–Crippen MR) is 260 cm³/mol. The van der Waals surface area contributed by atoms with Crippen LogP contribution in [-0.2, 0) is 33.3 Å². The Hall–Kier alpha value is -4.75. The first-order valence-corrected chi connectivity index (χ1v) is 23.1. The second-order valence-corrected chi connectivity index (χ2v) is 23.5. The van der Waals surface area contributed by atoms with Gasteiger partial charge in [0.05, 0.1) is 16.9 Å². The van der Waals surface area contributed by atoms with E-state index in [4.69, 9.17) is 0 Å². The Kier molecular flexibility index (Phi) is 9.52. The summed E-state index contributed by atoms with van der Waals surface area (Å²) in [5, 5.41) is 0. The summed E-state index contributed by atoms with van der Waals surface area (Å²) in [6.07, 6.45) is -2.59. The van der Waals surface area contributed by atoms with E-state index in [0.717, 1.165) is 57.6 Å². The van der Waals surface area contributed by atoms with Crippen LogP contribution in [0.15, 0.2) is 103 Å². The van der Waals surface area contributed by atoms with E-state index < -0.39 is 11.7 Å². The maximum atomic E-state index is 15.7. The smallest absolute Gasteiger partial charge is 0.311 e. The molecule has 9 rings (SSSR count). The number of thiophene rings is 1. The molecule has 0 spiro atoms. The minimum absolute atomic E-state index is 0.0872. The van der Waals surface area contributed by atoms with Crippen LogP contribution in [0.4, 0.5) is 47.3 Å². The second kappa shape index (κ2) is 13.9. The molecule has 2 nitrogen and oxygen atoms in total. The zero-order valence-corrected chi connectivity index (χ0v) is 39.6. The highest BCUT2D eigenvalue weighted by molar-refractivity contribution is 7.29. The highest BCUT2D eigenvalue weighted by Gasteiger charge is 2.52. The van der Waals surface area contributed by atoms with Gasteiger partial charge in [-0.1, -0.05) is 151 Å². The zero-order valence-electron chi connectivity index (χ0n) is 38.7. The van der Waals surface area contributed by atoms with Gasteiger partial charge in [0.15, 0.2) is 0 Å². The molecule has 0 radical (unpaired) electrons. The molecule has 0 saturated heterocycles. The number of benzene rings is 5. The zero-order chi connectivity index (χ0) is 44.7. The van der Waals surface area contributed by atoms with E-state index >= 15 is 13.2 Å². The van der Waals surface area contributed by atoms with Crippen LogP contribution in [-0.4, -0.2) is 6.71 Å². The van der Waals surface area contributed by atoms with Crippen molar-refractivity contribution in [1.82, 2.24) is 0 Å². The third kappa shape index (κ3) is 6.84. The van der Waals surface area contributed by atoms with Crippen molar-refractivity contribution in [3.63, 3.8) is 0 Å². The van der Waals surface area contributed by atoms with E-state index in [1.807, 2.05) is 17.4 Å². The molecule has 0 amide bonds. The molecule has 1 aliphatic carbocycles. The molecule has 62 heavy (non-hydrogen) atoms. The lowest BCUT2D eigenvalue weighted by atomic mass is 9.35. The predicted octanol–water partition coefficient (Wildman–Crippen LogP) is 14.8. The summed E-state index contributed by atoms with van der Waals surface area (Å²) in [6, 6.07) is 35.1. The van der Waals surface area contributed by atoms with Crippen molar-refractivity contribution in [2.24, 2.45) is 0 Å². The van der Waals surface area contributed by atoms with Gasteiger partial charge in [0.25, 0.3) is 6.71 Å². The van der Waals surface area contributed by atoms with Crippen molar-refractivity contribution in [3.05, 3.63) is 136 Å². The summed E-state index contributed by atoms with van der Waals surface area (Å²) < 4.78 is 48.4. The lowest BCUT2D eigenvalue weighted by Crippen LogP contribution is -2.61. The topological polar surface area (TPSA) is 6.48 Å². The normalized spacial score (nSPS) is 16.7. The maximum Gasteiger partial charge on any atom is 0.416 e. The Labute approximate surface area is 372 Å². The number of anilines is 6. The quantitative estimate of drug-likeness (QED) is 0.163. The highest BCUT2D eigenvalue weighted by Crippen LogP contribution is 2.58. The van der Waals surface area contributed by atoms with Gasteiger partial charge >= 0.3 is 6.18 Å². The molecule has 0 saturated carbocycles. The van der Waals surface area contributed by atoms with Crippen LogP contribution in [0, 0.1) is 0 Å². The van der Waals surface area contributed by atoms with Gasteiger partial charge in [0, 0.05) is 38.0 Å². The third-order valence-electron chi connectivity index (χ3n) is 13.9. The number of halogens is 3. The molecular weight excluding hydrogens is 788 g/mol. The minimum Gasteiger partial charge on any atom is -0.311 e. The molecule has 0 unspecified atom stereocenters. The summed E-state index contributed by atoms with van der Waals surface area (Å²) in [4.78, 5) is 5.73. The Morgan fingerprint density at radius 3 is 1.66 bits per heavy atom. The molecule has 2 aliphatic heterocycles. The maximum absolute atomic E-state index is 15.7. The first kappa shape index (κ1) is 42.6. The number of fused-ring (bicyclic) bond motifs is 6. The van der Waals surface area contributed by atoms with Crippen LogP contribution in [0.5, 0.6) is 0 Å². The number of hydrogen-bond acceptors (Lipinski definition) is 3. The van der Waals surface area contributed by atoms with Crippen molar-refractivity contribution in [2.45, 2.75) is 136 Å². The fraction of sp³-hybridized carbons (Fsp3) is 0.382. The van der Waals surface area contributed by atoms with Crippen LogP contribution >= 0.6 is 11.3 Å². The number of nitrogens with zero attached hydrogens (tertiary/aromatic N) is 2. The van der Waals surface area contributed by atoms with E-state index in [0.29, 0.717) is 11.4 Å². The van der Waals surface area contributed by atoms with Gasteiger partial charge in [-0.2, -0.15) is 24.5 Å². The second-order valence-electron chi connectivity index (χ2n) is 22.5. The van der Waals surface area contributed by atoms with E-state index in [-0.39, 0.29) is 33.8 Å². The van der Waals surface area contributed by atoms with E-state index in [9.17, 15) is 0 Å². The molecule has 5 aromatic carbocycles. The average molecular weight is 849 g/mol. The van der Waals surface area contributed by atoms with Gasteiger partial charge in [-0.15, -0.1) is 0 Å². The van der Waals surface area contributed by atoms with Gasteiger partial charge in [-0.05, 0) is 121 Å². The minimum atomic E-state index is -4.60. The Bertz CT molecular complexity index is 2740. The molecule has 0 N–H and O–H groups in total. The number of hydrogen-bond donors (Lipinski definition) is 0. The molecule has 0 atom stereocenters. The molecule has 0 bridgehead atoms. The third-order valence-corrected chi connectivity index (χ3v) is 15.5. The van der Waals surface area contributed by atoms with Crippen LogP contribution in [0.25, 0.3) is 11.1 Å². The Morgan fingerprint density at radius 2 is 1.08 bits per heavy atom. The molecule has 0 fully saturated rings. The van der Waals surface area contributed by atoms with Crippen molar-refractivity contribution < 1.29 is 13.2 Å². The lowest BCUT2D eigenvalue weighted by Gasteiger charge is -2.46. The fourth-order valence-corrected chi connectivity index (χ4v) is 11.8. The first-order chi connectivity index (χ1) is 28.8. The molecule has 7 heteroatoms. The SMILES string of the molecule is CC(C)(C)c1ccc(N2c3ccc(C(C)(C)C)cc3B3c4sc5c(c4N(c4ccc(C(C)(C)C)cc4-c4ccccc4)c4cc(C(F)(F)F)cc2c43)C(C)(C)CCC5(C)C)cc1.